The van der Waals surface area contributed by atoms with Gasteiger partial charge in [0.15, 0.2) is 17.3 Å². The van der Waals surface area contributed by atoms with Crippen molar-refractivity contribution in [1.29, 1.82) is 0 Å². The van der Waals surface area contributed by atoms with Gasteiger partial charge in [-0.15, -0.1) is 0 Å². The molecule has 0 aliphatic rings. The first-order valence-corrected chi connectivity index (χ1v) is 7.04. The number of ether oxygens (including phenoxy) is 3. The Bertz CT molecular complexity index is 699. The third kappa shape index (κ3) is 3.01. The number of benzene rings is 1. The average molecular weight is 371 g/mol. The number of nitrogens with one attached hydrogen (secondary N) is 1. The maximum absolute atomic E-state index is 12.4. The van der Waals surface area contributed by atoms with Gasteiger partial charge in [-0.3, -0.25) is 4.79 Å². The largest absolute Gasteiger partial charge is 0.493 e. The second-order valence-electron chi connectivity index (χ2n) is 4.28. The topological polar surface area (TPSA) is 82.8 Å². The number of aromatic nitrogens is 1. The van der Waals surface area contributed by atoms with Crippen molar-refractivity contribution < 1.29 is 23.5 Å². The fraction of sp³-hybridized carbons (Fsp3) is 0.286. The molecule has 0 unspecified atom stereocenters. The minimum Gasteiger partial charge on any atom is -0.493 e. The number of hydrogen-bond donors (Lipinski definition) is 1. The lowest BCUT2D eigenvalue weighted by Gasteiger charge is -2.16. The molecule has 0 radical (unpaired) electrons. The summed E-state index contributed by atoms with van der Waals surface area (Å²) in [5, 5.41) is 6.35. The standard InChI is InChI=1S/C14H15BrN2O5/c1-7-5-10(17-22-7)16-14(18)8-6-9(19-2)12(20-3)13(21-4)11(8)15/h5-6H,1-4H3,(H,16,17,18). The number of aryl methyl sites for hydroxylation is 1. The zero-order valence-corrected chi connectivity index (χ0v) is 14.1. The molecule has 2 rings (SSSR count). The van der Waals surface area contributed by atoms with Crippen molar-refractivity contribution in [3.63, 3.8) is 0 Å². The highest BCUT2D eigenvalue weighted by Gasteiger charge is 2.23. The summed E-state index contributed by atoms with van der Waals surface area (Å²) in [4.78, 5) is 12.4. The maximum atomic E-state index is 12.4. The van der Waals surface area contributed by atoms with E-state index < -0.39 is 0 Å². The summed E-state index contributed by atoms with van der Waals surface area (Å²) in [6, 6.07) is 3.16. The lowest BCUT2D eigenvalue weighted by atomic mass is 10.1. The molecule has 8 heteroatoms. The van der Waals surface area contributed by atoms with Crippen molar-refractivity contribution in [3.05, 3.63) is 27.9 Å². The first kappa shape index (κ1) is 16.2. The number of methoxy groups -OCH3 is 3. The van der Waals surface area contributed by atoms with Crippen LogP contribution >= 0.6 is 15.9 Å². The highest BCUT2D eigenvalue weighted by Crippen LogP contribution is 2.44. The van der Waals surface area contributed by atoms with Crippen LogP contribution in [-0.2, 0) is 0 Å². The fourth-order valence-corrected chi connectivity index (χ4v) is 2.53. The van der Waals surface area contributed by atoms with E-state index in [-0.39, 0.29) is 5.91 Å². The lowest BCUT2D eigenvalue weighted by molar-refractivity contribution is 0.102. The molecular formula is C14H15BrN2O5. The lowest BCUT2D eigenvalue weighted by Crippen LogP contribution is -2.14. The van der Waals surface area contributed by atoms with Gasteiger partial charge in [0.25, 0.3) is 5.91 Å². The van der Waals surface area contributed by atoms with Crippen molar-refractivity contribution in [2.24, 2.45) is 0 Å². The zero-order chi connectivity index (χ0) is 16.3. The molecule has 0 saturated carbocycles. The number of hydrogen-bond acceptors (Lipinski definition) is 6. The summed E-state index contributed by atoms with van der Waals surface area (Å²) < 4.78 is 21.1. The Morgan fingerprint density at radius 2 is 1.86 bits per heavy atom. The van der Waals surface area contributed by atoms with Crippen LogP contribution in [0, 0.1) is 6.92 Å². The van der Waals surface area contributed by atoms with Gasteiger partial charge in [0.1, 0.15) is 5.76 Å². The van der Waals surface area contributed by atoms with Gasteiger partial charge in [0.05, 0.1) is 31.4 Å². The van der Waals surface area contributed by atoms with Crippen LogP contribution in [0.25, 0.3) is 0 Å². The number of nitrogens with zero attached hydrogens (tertiary/aromatic N) is 1. The summed E-state index contributed by atoms with van der Waals surface area (Å²) >= 11 is 3.35. The van der Waals surface area contributed by atoms with Gasteiger partial charge in [-0.2, -0.15) is 0 Å². The van der Waals surface area contributed by atoms with Crippen molar-refractivity contribution in [2.75, 3.05) is 26.6 Å². The van der Waals surface area contributed by atoms with Crippen molar-refractivity contribution >= 4 is 27.7 Å². The van der Waals surface area contributed by atoms with Gasteiger partial charge in [-0.05, 0) is 28.9 Å². The monoisotopic (exact) mass is 370 g/mol. The Morgan fingerprint density at radius 1 is 1.18 bits per heavy atom. The molecule has 0 aliphatic carbocycles. The predicted octanol–water partition coefficient (Wildman–Crippen LogP) is 3.02. The van der Waals surface area contributed by atoms with E-state index in [0.717, 1.165) is 0 Å². The molecule has 2 aromatic rings. The van der Waals surface area contributed by atoms with Crippen molar-refractivity contribution in [2.45, 2.75) is 6.92 Å². The molecule has 0 saturated heterocycles. The zero-order valence-electron chi connectivity index (χ0n) is 12.5. The van der Waals surface area contributed by atoms with Crippen molar-refractivity contribution in [3.8, 4) is 17.2 Å². The van der Waals surface area contributed by atoms with Crippen molar-refractivity contribution in [1.82, 2.24) is 5.16 Å². The summed E-state index contributed by atoms with van der Waals surface area (Å²) in [7, 11) is 4.45. The molecule has 7 nitrogen and oxygen atoms in total. The summed E-state index contributed by atoms with van der Waals surface area (Å²) in [6.45, 7) is 1.73. The normalized spacial score (nSPS) is 10.2. The number of amides is 1. The van der Waals surface area contributed by atoms with Gasteiger partial charge in [-0.1, -0.05) is 5.16 Å². The molecule has 0 atom stereocenters. The molecule has 118 valence electrons. The van der Waals surface area contributed by atoms with E-state index in [1.165, 1.54) is 21.3 Å². The Hall–Kier alpha value is -2.22. The second kappa shape index (κ2) is 6.69. The highest BCUT2D eigenvalue weighted by molar-refractivity contribution is 9.10. The van der Waals surface area contributed by atoms with Gasteiger partial charge in [0.2, 0.25) is 5.75 Å². The number of anilines is 1. The van der Waals surface area contributed by atoms with Crippen LogP contribution in [-0.4, -0.2) is 32.4 Å². The minimum absolute atomic E-state index is 0.315. The van der Waals surface area contributed by atoms with E-state index in [9.17, 15) is 4.79 Å². The average Bonchev–Trinajstić information content (AvgIpc) is 2.91. The first-order chi connectivity index (χ1) is 10.5. The summed E-state index contributed by atoms with van der Waals surface area (Å²) in [5.41, 5.74) is 0.315. The Morgan fingerprint density at radius 3 is 2.36 bits per heavy atom. The first-order valence-electron chi connectivity index (χ1n) is 6.25. The van der Waals surface area contributed by atoms with E-state index in [0.29, 0.717) is 38.9 Å². The quantitative estimate of drug-likeness (QED) is 0.870. The molecule has 1 heterocycles. The third-order valence-corrected chi connectivity index (χ3v) is 3.67. The molecule has 0 aliphatic heterocycles. The molecule has 0 spiro atoms. The van der Waals surface area contributed by atoms with Crippen LogP contribution < -0.4 is 19.5 Å². The summed E-state index contributed by atoms with van der Waals surface area (Å²) in [6.07, 6.45) is 0. The minimum atomic E-state index is -0.389. The van der Waals surface area contributed by atoms with Crippen LogP contribution in [0.2, 0.25) is 0 Å². The predicted molar refractivity (Wildman–Crippen MR) is 83.0 cm³/mol. The molecule has 1 aromatic carbocycles. The third-order valence-electron chi connectivity index (χ3n) is 2.88. The van der Waals surface area contributed by atoms with Crippen LogP contribution in [0.1, 0.15) is 16.1 Å². The van der Waals surface area contributed by atoms with E-state index in [1.807, 2.05) is 0 Å². The van der Waals surface area contributed by atoms with Gasteiger partial charge >= 0.3 is 0 Å². The van der Waals surface area contributed by atoms with Crippen LogP contribution in [0.5, 0.6) is 17.2 Å². The number of carbonyl (C=O) groups is 1. The van der Waals surface area contributed by atoms with E-state index in [4.69, 9.17) is 18.7 Å². The number of rotatable bonds is 5. The van der Waals surface area contributed by atoms with Gasteiger partial charge in [-0.25, -0.2) is 0 Å². The second-order valence-corrected chi connectivity index (χ2v) is 5.08. The maximum Gasteiger partial charge on any atom is 0.258 e. The van der Waals surface area contributed by atoms with E-state index in [1.54, 1.807) is 19.1 Å². The molecule has 1 aromatic heterocycles. The van der Waals surface area contributed by atoms with Gasteiger partial charge in [0, 0.05) is 6.07 Å². The van der Waals surface area contributed by atoms with Crippen LogP contribution in [0.3, 0.4) is 0 Å². The highest BCUT2D eigenvalue weighted by atomic mass is 79.9. The molecule has 22 heavy (non-hydrogen) atoms. The van der Waals surface area contributed by atoms with E-state index >= 15 is 0 Å². The number of carbonyl (C=O) groups excluding carboxylic acids is 1. The smallest absolute Gasteiger partial charge is 0.258 e. The molecular weight excluding hydrogens is 356 g/mol. The molecule has 0 fully saturated rings. The summed E-state index contributed by atoms with van der Waals surface area (Å²) in [5.74, 6) is 1.67. The SMILES string of the molecule is COc1cc(C(=O)Nc2cc(C)on2)c(Br)c(OC)c1OC. The van der Waals surface area contributed by atoms with Crippen LogP contribution in [0.15, 0.2) is 21.1 Å². The van der Waals surface area contributed by atoms with Gasteiger partial charge < -0.3 is 24.1 Å². The van der Waals surface area contributed by atoms with E-state index in [2.05, 4.69) is 26.4 Å². The Kier molecular flexibility index (Phi) is 4.92. The molecule has 0 bridgehead atoms. The molecule has 1 amide bonds. The Balaban J connectivity index is 2.43. The fourth-order valence-electron chi connectivity index (χ4n) is 1.90. The Labute approximate surface area is 135 Å². The van der Waals surface area contributed by atoms with Crippen LogP contribution in [0.4, 0.5) is 5.82 Å². The number of halogens is 1. The molecule has 1 N–H and O–H groups in total.